The zero-order chi connectivity index (χ0) is 17.5. The molecule has 0 aliphatic heterocycles. The number of hydrogen-bond donors (Lipinski definition) is 3. The van der Waals surface area contributed by atoms with Crippen molar-refractivity contribution < 1.29 is 28.2 Å². The van der Waals surface area contributed by atoms with Crippen LogP contribution in [0.15, 0.2) is 4.99 Å². The Hall–Kier alpha value is -1.68. The number of sulfone groups is 1. The van der Waals surface area contributed by atoms with Gasteiger partial charge < -0.3 is 21.3 Å². The van der Waals surface area contributed by atoms with E-state index in [4.69, 9.17) is 10.8 Å². The number of carboxylic acid groups (broad SMARTS) is 1. The SMILES string of the molecule is CCC(C)[C@H](N)C(=O)NCN=C([O-])CC(C(=O)O)S(C)(=O)=O. The molecule has 10 heteroatoms. The zero-order valence-corrected chi connectivity index (χ0v) is 13.6. The van der Waals surface area contributed by atoms with Crippen molar-refractivity contribution in [1.82, 2.24) is 5.32 Å². The van der Waals surface area contributed by atoms with Gasteiger partial charge in [0.2, 0.25) is 5.91 Å². The number of rotatable bonds is 9. The van der Waals surface area contributed by atoms with Gasteiger partial charge in [-0.2, -0.15) is 0 Å². The van der Waals surface area contributed by atoms with Crippen molar-refractivity contribution in [2.24, 2.45) is 16.6 Å². The van der Waals surface area contributed by atoms with Crippen molar-refractivity contribution in [2.45, 2.75) is 38.0 Å². The van der Waals surface area contributed by atoms with Crippen LogP contribution in [0.1, 0.15) is 26.7 Å². The number of amides is 1. The molecule has 0 aliphatic rings. The third kappa shape index (κ3) is 6.85. The lowest BCUT2D eigenvalue weighted by Crippen LogP contribution is -2.45. The molecular formula is C12H22N3O6S-. The van der Waals surface area contributed by atoms with Crippen molar-refractivity contribution in [3.05, 3.63) is 0 Å². The average molecular weight is 336 g/mol. The van der Waals surface area contributed by atoms with E-state index in [0.717, 1.165) is 6.26 Å². The number of hydrogen-bond acceptors (Lipinski definition) is 7. The fourth-order valence-corrected chi connectivity index (χ4v) is 2.29. The Balaban J connectivity index is 4.58. The van der Waals surface area contributed by atoms with E-state index in [1.807, 2.05) is 6.92 Å². The third-order valence-electron chi connectivity index (χ3n) is 3.22. The highest BCUT2D eigenvalue weighted by atomic mass is 32.2. The zero-order valence-electron chi connectivity index (χ0n) is 12.8. The maximum Gasteiger partial charge on any atom is 0.322 e. The van der Waals surface area contributed by atoms with Gasteiger partial charge >= 0.3 is 5.97 Å². The molecular weight excluding hydrogens is 314 g/mol. The van der Waals surface area contributed by atoms with E-state index >= 15 is 0 Å². The second kappa shape index (κ2) is 8.69. The van der Waals surface area contributed by atoms with Crippen LogP contribution in [0.25, 0.3) is 0 Å². The first-order valence-electron chi connectivity index (χ1n) is 6.66. The molecule has 0 aromatic rings. The molecule has 0 saturated heterocycles. The van der Waals surface area contributed by atoms with Crippen molar-refractivity contribution in [1.29, 1.82) is 0 Å². The topological polar surface area (TPSA) is 162 Å². The van der Waals surface area contributed by atoms with Crippen LogP contribution < -0.4 is 16.2 Å². The lowest BCUT2D eigenvalue weighted by atomic mass is 10.00. The molecule has 0 fully saturated rings. The predicted octanol–water partition coefficient (Wildman–Crippen LogP) is -1.92. The normalized spacial score (nSPS) is 16.6. The van der Waals surface area contributed by atoms with E-state index in [1.54, 1.807) is 6.92 Å². The molecule has 22 heavy (non-hydrogen) atoms. The van der Waals surface area contributed by atoms with Gasteiger partial charge in [-0.25, -0.2) is 8.42 Å². The molecule has 0 radical (unpaired) electrons. The standard InChI is InChI=1S/C12H23N3O6S/c1-4-7(2)10(13)11(17)15-6-14-9(16)5-8(12(18)19)22(3,20)21/h7-8,10H,4-6,13H2,1-3H3,(H,14,16)(H,15,17)(H,18,19)/p-1/t7?,8?,10-/m0/s1. The molecule has 0 saturated carbocycles. The van der Waals surface area contributed by atoms with E-state index in [-0.39, 0.29) is 12.6 Å². The minimum absolute atomic E-state index is 0.0441. The maximum absolute atomic E-state index is 11.6. The molecule has 4 N–H and O–H groups in total. The quantitative estimate of drug-likeness (QED) is 0.326. The summed E-state index contributed by atoms with van der Waals surface area (Å²) < 4.78 is 22.5. The lowest BCUT2D eigenvalue weighted by Gasteiger charge is -2.18. The Labute approximate surface area is 129 Å². The van der Waals surface area contributed by atoms with E-state index in [9.17, 15) is 23.1 Å². The summed E-state index contributed by atoms with van der Waals surface area (Å²) in [6, 6.07) is -0.738. The highest BCUT2D eigenvalue weighted by Crippen LogP contribution is 2.06. The number of carbonyl (C=O) groups is 2. The smallest absolute Gasteiger partial charge is 0.322 e. The van der Waals surface area contributed by atoms with E-state index in [0.29, 0.717) is 6.42 Å². The summed E-state index contributed by atoms with van der Waals surface area (Å²) >= 11 is 0. The minimum Gasteiger partial charge on any atom is -0.862 e. The van der Waals surface area contributed by atoms with E-state index in [2.05, 4.69) is 10.3 Å². The first-order valence-corrected chi connectivity index (χ1v) is 8.61. The van der Waals surface area contributed by atoms with Gasteiger partial charge in [0, 0.05) is 12.7 Å². The van der Waals surface area contributed by atoms with Gasteiger partial charge in [-0.3, -0.25) is 14.6 Å². The number of aliphatic carboxylic acids is 1. The van der Waals surface area contributed by atoms with Crippen LogP contribution in [-0.2, 0) is 19.4 Å². The Morgan fingerprint density at radius 1 is 1.41 bits per heavy atom. The summed E-state index contributed by atoms with van der Waals surface area (Å²) in [6.07, 6.45) is 0.659. The number of carbonyl (C=O) groups excluding carboxylic acids is 1. The molecule has 0 aliphatic carbocycles. The monoisotopic (exact) mass is 336 g/mol. The van der Waals surface area contributed by atoms with Gasteiger partial charge in [0.15, 0.2) is 15.1 Å². The largest absolute Gasteiger partial charge is 0.862 e. The van der Waals surface area contributed by atoms with Gasteiger partial charge in [0.05, 0.1) is 6.04 Å². The highest BCUT2D eigenvalue weighted by molar-refractivity contribution is 7.92. The molecule has 3 atom stereocenters. The van der Waals surface area contributed by atoms with Crippen molar-refractivity contribution in [3.8, 4) is 0 Å². The van der Waals surface area contributed by atoms with Gasteiger partial charge in [-0.15, -0.1) is 0 Å². The number of nitrogens with one attached hydrogen (secondary N) is 1. The van der Waals surface area contributed by atoms with Crippen LogP contribution >= 0.6 is 0 Å². The maximum atomic E-state index is 11.6. The van der Waals surface area contributed by atoms with Gasteiger partial charge in [0.1, 0.15) is 6.67 Å². The Morgan fingerprint density at radius 3 is 2.36 bits per heavy atom. The Bertz CT molecular complexity index is 531. The lowest BCUT2D eigenvalue weighted by molar-refractivity contribution is -0.219. The highest BCUT2D eigenvalue weighted by Gasteiger charge is 2.28. The average Bonchev–Trinajstić information content (AvgIpc) is 2.41. The van der Waals surface area contributed by atoms with Crippen molar-refractivity contribution in [3.63, 3.8) is 0 Å². The summed E-state index contributed by atoms with van der Waals surface area (Å²) in [4.78, 5) is 25.8. The summed E-state index contributed by atoms with van der Waals surface area (Å²) in [6.45, 7) is 3.30. The minimum atomic E-state index is -3.92. The molecule has 0 aromatic carbocycles. The fraction of sp³-hybridized carbons (Fsp3) is 0.750. The van der Waals surface area contributed by atoms with Crippen LogP contribution in [0.3, 0.4) is 0 Å². The van der Waals surface area contributed by atoms with Crippen LogP contribution in [-0.4, -0.2) is 55.5 Å². The summed E-state index contributed by atoms with van der Waals surface area (Å²) in [5.41, 5.74) is 5.67. The molecule has 0 spiro atoms. The van der Waals surface area contributed by atoms with Crippen molar-refractivity contribution >= 4 is 27.6 Å². The second-order valence-corrected chi connectivity index (χ2v) is 7.25. The van der Waals surface area contributed by atoms with Crippen molar-refractivity contribution in [2.75, 3.05) is 12.9 Å². The van der Waals surface area contributed by atoms with Gasteiger partial charge in [-0.1, -0.05) is 20.3 Å². The molecule has 0 heterocycles. The molecule has 2 unspecified atom stereocenters. The van der Waals surface area contributed by atoms with Crippen LogP contribution in [0, 0.1) is 5.92 Å². The first-order chi connectivity index (χ1) is 10.0. The number of aliphatic imine (C=N–C) groups is 1. The molecule has 0 bridgehead atoms. The Kier molecular flexibility index (Phi) is 8.02. The summed E-state index contributed by atoms with van der Waals surface area (Å²) in [5, 5.41) is 20.7. The number of nitrogens with two attached hydrogens (primary N) is 1. The van der Waals surface area contributed by atoms with Crippen LogP contribution in [0.4, 0.5) is 0 Å². The number of carboxylic acids is 1. The Morgan fingerprint density at radius 2 is 1.95 bits per heavy atom. The molecule has 1 amide bonds. The molecule has 9 nitrogen and oxygen atoms in total. The number of nitrogens with zero attached hydrogens (tertiary/aromatic N) is 1. The predicted molar refractivity (Wildman–Crippen MR) is 78.8 cm³/mol. The third-order valence-corrected chi connectivity index (χ3v) is 4.62. The molecule has 0 aromatic heterocycles. The van der Waals surface area contributed by atoms with Crippen LogP contribution in [0.2, 0.25) is 0 Å². The first kappa shape index (κ1) is 20.3. The fourth-order valence-electron chi connectivity index (χ4n) is 1.48. The van der Waals surface area contributed by atoms with Gasteiger partial charge in [-0.05, 0) is 11.8 Å². The molecule has 128 valence electrons. The van der Waals surface area contributed by atoms with E-state index in [1.165, 1.54) is 0 Å². The van der Waals surface area contributed by atoms with E-state index < -0.39 is 45.3 Å². The van der Waals surface area contributed by atoms with Gasteiger partial charge in [0.25, 0.3) is 0 Å². The second-order valence-electron chi connectivity index (χ2n) is 5.02. The van der Waals surface area contributed by atoms with Crippen LogP contribution in [0.5, 0.6) is 0 Å². The summed E-state index contributed by atoms with van der Waals surface area (Å²) in [7, 11) is -3.92. The summed E-state index contributed by atoms with van der Waals surface area (Å²) in [5.74, 6) is -3.06. The molecule has 0 rings (SSSR count).